The number of nitrogens with one attached hydrogen (secondary N) is 1. The van der Waals surface area contributed by atoms with Gasteiger partial charge in [-0.25, -0.2) is 4.98 Å². The molecule has 1 fully saturated rings. The number of carbonyl (C=O) groups is 1. The van der Waals surface area contributed by atoms with Crippen LogP contribution in [0.15, 0.2) is 42.5 Å². The Morgan fingerprint density at radius 3 is 2.69 bits per heavy atom. The average Bonchev–Trinajstić information content (AvgIpc) is 3.09. The molecule has 1 saturated heterocycles. The third kappa shape index (κ3) is 4.62. The molecule has 1 unspecified atom stereocenters. The van der Waals surface area contributed by atoms with Gasteiger partial charge in [0.2, 0.25) is 5.91 Å². The predicted molar refractivity (Wildman–Crippen MR) is 116 cm³/mol. The van der Waals surface area contributed by atoms with Gasteiger partial charge in [-0.05, 0) is 38.8 Å². The Labute approximate surface area is 175 Å². The van der Waals surface area contributed by atoms with Crippen LogP contribution in [0.5, 0.6) is 0 Å². The molecular formula is C22H25N5OS. The second kappa shape index (κ2) is 8.69. The third-order valence-electron chi connectivity index (χ3n) is 5.26. The first-order valence-electron chi connectivity index (χ1n) is 9.95. The summed E-state index contributed by atoms with van der Waals surface area (Å²) in [6, 6.07) is 14.0. The number of amides is 1. The van der Waals surface area contributed by atoms with Crippen LogP contribution in [0.3, 0.4) is 0 Å². The van der Waals surface area contributed by atoms with E-state index < -0.39 is 0 Å². The molecule has 1 aliphatic rings. The van der Waals surface area contributed by atoms with Gasteiger partial charge in [0.05, 0.1) is 28.9 Å². The summed E-state index contributed by atoms with van der Waals surface area (Å²) in [5.41, 5.74) is 2.92. The lowest BCUT2D eigenvalue weighted by Crippen LogP contribution is -2.43. The fourth-order valence-electron chi connectivity index (χ4n) is 3.71. The molecule has 3 heterocycles. The second-order valence-electron chi connectivity index (χ2n) is 7.39. The number of thiazole rings is 1. The largest absolute Gasteiger partial charge is 0.354 e. The Kier molecular flexibility index (Phi) is 5.85. The van der Waals surface area contributed by atoms with E-state index in [0.717, 1.165) is 52.0 Å². The molecule has 0 bridgehead atoms. The van der Waals surface area contributed by atoms with Crippen LogP contribution in [-0.2, 0) is 11.3 Å². The van der Waals surface area contributed by atoms with Gasteiger partial charge in [-0.2, -0.15) is 0 Å². The highest BCUT2D eigenvalue weighted by atomic mass is 32.1. The van der Waals surface area contributed by atoms with Gasteiger partial charge in [0, 0.05) is 23.5 Å². The van der Waals surface area contributed by atoms with Crippen LogP contribution < -0.4 is 10.2 Å². The topological polar surface area (TPSA) is 71.0 Å². The van der Waals surface area contributed by atoms with E-state index in [0.29, 0.717) is 13.1 Å². The lowest BCUT2D eigenvalue weighted by atomic mass is 9.97. The minimum absolute atomic E-state index is 0.0336. The van der Waals surface area contributed by atoms with Crippen molar-refractivity contribution in [2.24, 2.45) is 5.92 Å². The first kappa shape index (κ1) is 19.5. The molecule has 150 valence electrons. The summed E-state index contributed by atoms with van der Waals surface area (Å²) < 4.78 is 0. The van der Waals surface area contributed by atoms with E-state index in [9.17, 15) is 4.79 Å². The molecule has 0 saturated carbocycles. The Hall–Kier alpha value is -2.80. The van der Waals surface area contributed by atoms with E-state index in [2.05, 4.69) is 25.4 Å². The SMILES string of the molecule is Cc1nc(C)c(CNC(=O)C2CCCN(c3ccc(-c4ccccc4)nn3)C2)s1. The quantitative estimate of drug-likeness (QED) is 0.697. The van der Waals surface area contributed by atoms with Crippen LogP contribution in [0.4, 0.5) is 5.82 Å². The molecule has 3 aromatic rings. The Morgan fingerprint density at radius 1 is 1.17 bits per heavy atom. The number of rotatable bonds is 5. The highest BCUT2D eigenvalue weighted by Gasteiger charge is 2.26. The average molecular weight is 408 g/mol. The van der Waals surface area contributed by atoms with Crippen molar-refractivity contribution in [3.63, 3.8) is 0 Å². The van der Waals surface area contributed by atoms with Gasteiger partial charge in [-0.1, -0.05) is 30.3 Å². The number of aryl methyl sites for hydroxylation is 2. The van der Waals surface area contributed by atoms with Crippen molar-refractivity contribution in [3.05, 3.63) is 58.0 Å². The van der Waals surface area contributed by atoms with Crippen molar-refractivity contribution in [1.82, 2.24) is 20.5 Å². The van der Waals surface area contributed by atoms with Crippen LogP contribution in [-0.4, -0.2) is 34.2 Å². The van der Waals surface area contributed by atoms with Crippen molar-refractivity contribution in [2.75, 3.05) is 18.0 Å². The highest BCUT2D eigenvalue weighted by Crippen LogP contribution is 2.24. The molecule has 1 aromatic carbocycles. The minimum Gasteiger partial charge on any atom is -0.354 e. The number of benzene rings is 1. The van der Waals surface area contributed by atoms with Crippen molar-refractivity contribution in [3.8, 4) is 11.3 Å². The van der Waals surface area contributed by atoms with Crippen LogP contribution in [0.25, 0.3) is 11.3 Å². The zero-order chi connectivity index (χ0) is 20.2. The van der Waals surface area contributed by atoms with Crippen LogP contribution >= 0.6 is 11.3 Å². The fraction of sp³-hybridized carbons (Fsp3) is 0.364. The molecular weight excluding hydrogens is 382 g/mol. The summed E-state index contributed by atoms with van der Waals surface area (Å²) in [6.07, 6.45) is 1.87. The van der Waals surface area contributed by atoms with Gasteiger partial charge in [0.25, 0.3) is 0 Å². The molecule has 0 radical (unpaired) electrons. The number of aromatic nitrogens is 3. The zero-order valence-electron chi connectivity index (χ0n) is 16.8. The van der Waals surface area contributed by atoms with Gasteiger partial charge in [0.15, 0.2) is 5.82 Å². The lowest BCUT2D eigenvalue weighted by molar-refractivity contribution is -0.125. The summed E-state index contributed by atoms with van der Waals surface area (Å²) in [6.45, 7) is 6.11. The maximum absolute atomic E-state index is 12.7. The van der Waals surface area contributed by atoms with Crippen LogP contribution in [0, 0.1) is 19.8 Å². The molecule has 0 aliphatic carbocycles. The van der Waals surface area contributed by atoms with Crippen LogP contribution in [0.2, 0.25) is 0 Å². The van der Waals surface area contributed by atoms with Gasteiger partial charge in [-0.3, -0.25) is 4.79 Å². The Morgan fingerprint density at radius 2 is 2.00 bits per heavy atom. The second-order valence-corrected chi connectivity index (χ2v) is 8.67. The van der Waals surface area contributed by atoms with E-state index in [1.807, 2.05) is 56.3 Å². The zero-order valence-corrected chi connectivity index (χ0v) is 17.6. The molecule has 1 N–H and O–H groups in total. The minimum atomic E-state index is -0.0336. The van der Waals surface area contributed by atoms with Gasteiger partial charge < -0.3 is 10.2 Å². The highest BCUT2D eigenvalue weighted by molar-refractivity contribution is 7.11. The predicted octanol–water partition coefficient (Wildman–Crippen LogP) is 3.75. The number of hydrogen-bond donors (Lipinski definition) is 1. The summed E-state index contributed by atoms with van der Waals surface area (Å²) in [4.78, 5) is 20.4. The van der Waals surface area contributed by atoms with E-state index >= 15 is 0 Å². The van der Waals surface area contributed by atoms with Gasteiger partial charge in [-0.15, -0.1) is 21.5 Å². The molecule has 2 aromatic heterocycles. The van der Waals surface area contributed by atoms with Gasteiger partial charge in [0.1, 0.15) is 0 Å². The number of carbonyl (C=O) groups excluding carboxylic acids is 1. The molecule has 4 rings (SSSR count). The monoisotopic (exact) mass is 407 g/mol. The summed E-state index contributed by atoms with van der Waals surface area (Å²) in [5.74, 6) is 0.902. The molecule has 1 atom stereocenters. The maximum Gasteiger partial charge on any atom is 0.225 e. The standard InChI is InChI=1S/C22H25N5OS/c1-15-20(29-16(2)24-15)13-23-22(28)18-9-6-12-27(14-18)21-11-10-19(25-26-21)17-7-4-3-5-8-17/h3-5,7-8,10-11,18H,6,9,12-14H2,1-2H3,(H,23,28). The first-order valence-corrected chi connectivity index (χ1v) is 10.8. The van der Waals surface area contributed by atoms with Crippen molar-refractivity contribution < 1.29 is 4.79 Å². The summed E-state index contributed by atoms with van der Waals surface area (Å²) >= 11 is 1.65. The molecule has 1 aliphatic heterocycles. The molecule has 1 amide bonds. The fourth-order valence-corrected chi connectivity index (χ4v) is 4.58. The van der Waals surface area contributed by atoms with Crippen LogP contribution in [0.1, 0.15) is 28.4 Å². The molecule has 29 heavy (non-hydrogen) atoms. The van der Waals surface area contributed by atoms with E-state index in [1.54, 1.807) is 11.3 Å². The van der Waals surface area contributed by atoms with Crippen molar-refractivity contribution in [2.45, 2.75) is 33.2 Å². The summed E-state index contributed by atoms with van der Waals surface area (Å²) in [7, 11) is 0. The lowest BCUT2D eigenvalue weighted by Gasteiger charge is -2.32. The van der Waals surface area contributed by atoms with Crippen molar-refractivity contribution in [1.29, 1.82) is 0 Å². The third-order valence-corrected chi connectivity index (χ3v) is 6.33. The number of piperidine rings is 1. The smallest absolute Gasteiger partial charge is 0.225 e. The van der Waals surface area contributed by atoms with E-state index in [4.69, 9.17) is 0 Å². The summed E-state index contributed by atoms with van der Waals surface area (Å²) in [5, 5.41) is 12.9. The molecule has 0 spiro atoms. The normalized spacial score (nSPS) is 16.6. The van der Waals surface area contributed by atoms with Gasteiger partial charge >= 0.3 is 0 Å². The number of anilines is 1. The van der Waals surface area contributed by atoms with E-state index in [1.165, 1.54) is 0 Å². The number of nitrogens with zero attached hydrogens (tertiary/aromatic N) is 4. The van der Waals surface area contributed by atoms with E-state index in [-0.39, 0.29) is 11.8 Å². The molecule has 6 nitrogen and oxygen atoms in total. The Bertz CT molecular complexity index is 971. The van der Waals surface area contributed by atoms with Crippen molar-refractivity contribution >= 4 is 23.1 Å². The molecule has 7 heteroatoms. The first-order chi connectivity index (χ1) is 14.1. The number of hydrogen-bond acceptors (Lipinski definition) is 6. The Balaban J connectivity index is 1.37. The maximum atomic E-state index is 12.7.